The van der Waals surface area contributed by atoms with Gasteiger partial charge in [-0.3, -0.25) is 4.79 Å². The van der Waals surface area contributed by atoms with Crippen LogP contribution in [0.4, 0.5) is 0 Å². The van der Waals surface area contributed by atoms with Gasteiger partial charge in [0.1, 0.15) is 10.6 Å². The summed E-state index contributed by atoms with van der Waals surface area (Å²) in [6, 6.07) is 6.01. The number of thiophene rings is 1. The van der Waals surface area contributed by atoms with Gasteiger partial charge in [0, 0.05) is 16.1 Å². The number of halogens is 1. The van der Waals surface area contributed by atoms with E-state index in [4.69, 9.17) is 16.3 Å². The Hall–Kier alpha value is -1.26. The summed E-state index contributed by atoms with van der Waals surface area (Å²) in [5, 5.41) is 4.54. The summed E-state index contributed by atoms with van der Waals surface area (Å²) in [6.07, 6.45) is 5.81. The first kappa shape index (κ1) is 14.7. The molecule has 1 fully saturated rings. The van der Waals surface area contributed by atoms with Crippen molar-refractivity contribution in [1.82, 2.24) is 5.32 Å². The fourth-order valence-electron chi connectivity index (χ4n) is 2.82. The second kappa shape index (κ2) is 6.24. The number of amides is 1. The Balaban J connectivity index is 1.85. The van der Waals surface area contributed by atoms with Crippen LogP contribution in [-0.2, 0) is 0 Å². The van der Waals surface area contributed by atoms with Gasteiger partial charge in [-0.15, -0.1) is 11.3 Å². The summed E-state index contributed by atoms with van der Waals surface area (Å²) in [5.41, 5.74) is 0. The summed E-state index contributed by atoms with van der Waals surface area (Å²) >= 11 is 7.83. The predicted octanol–water partition coefficient (Wildman–Crippen LogP) is 4.63. The van der Waals surface area contributed by atoms with E-state index in [1.165, 1.54) is 30.6 Å². The van der Waals surface area contributed by atoms with E-state index in [0.717, 1.165) is 28.7 Å². The molecule has 3 nitrogen and oxygen atoms in total. The highest BCUT2D eigenvalue weighted by molar-refractivity contribution is 7.21. The molecule has 2 aromatic rings. The molecule has 5 heteroatoms. The van der Waals surface area contributed by atoms with Crippen LogP contribution in [-0.4, -0.2) is 19.1 Å². The molecule has 1 aromatic heterocycles. The molecule has 0 atom stereocenters. The van der Waals surface area contributed by atoms with Crippen molar-refractivity contribution in [2.45, 2.75) is 38.1 Å². The number of nitrogens with one attached hydrogen (secondary N) is 1. The van der Waals surface area contributed by atoms with Crippen LogP contribution in [0.15, 0.2) is 18.2 Å². The van der Waals surface area contributed by atoms with Gasteiger partial charge < -0.3 is 10.1 Å². The third-order valence-electron chi connectivity index (χ3n) is 3.98. The van der Waals surface area contributed by atoms with E-state index < -0.39 is 0 Å². The van der Waals surface area contributed by atoms with Gasteiger partial charge in [-0.1, -0.05) is 30.9 Å². The maximum Gasteiger partial charge on any atom is 0.263 e. The minimum atomic E-state index is -0.0490. The van der Waals surface area contributed by atoms with Crippen molar-refractivity contribution in [1.29, 1.82) is 0 Å². The van der Waals surface area contributed by atoms with E-state index in [9.17, 15) is 4.79 Å². The summed E-state index contributed by atoms with van der Waals surface area (Å²) < 4.78 is 6.22. The maximum absolute atomic E-state index is 12.4. The largest absolute Gasteiger partial charge is 0.497 e. The molecule has 1 saturated carbocycles. The number of hydrogen-bond acceptors (Lipinski definition) is 3. The van der Waals surface area contributed by atoms with Crippen LogP contribution in [0.2, 0.25) is 5.02 Å². The smallest absolute Gasteiger partial charge is 0.263 e. The molecular formula is C16H18ClNO2S. The van der Waals surface area contributed by atoms with Crippen LogP contribution in [0.3, 0.4) is 0 Å². The van der Waals surface area contributed by atoms with Gasteiger partial charge in [0.05, 0.1) is 12.1 Å². The molecule has 0 radical (unpaired) electrons. The number of carbonyl (C=O) groups excluding carboxylic acids is 1. The lowest BCUT2D eigenvalue weighted by Gasteiger charge is -2.22. The van der Waals surface area contributed by atoms with Crippen LogP contribution in [0.1, 0.15) is 41.8 Å². The number of hydrogen-bond donors (Lipinski definition) is 1. The van der Waals surface area contributed by atoms with E-state index >= 15 is 0 Å². The molecule has 1 aliphatic rings. The lowest BCUT2D eigenvalue weighted by atomic mass is 9.95. The van der Waals surface area contributed by atoms with Crippen molar-refractivity contribution in [2.24, 2.45) is 0 Å². The highest BCUT2D eigenvalue weighted by atomic mass is 35.5. The van der Waals surface area contributed by atoms with E-state index in [0.29, 0.717) is 15.9 Å². The highest BCUT2D eigenvalue weighted by Gasteiger charge is 2.21. The molecule has 1 N–H and O–H groups in total. The van der Waals surface area contributed by atoms with Crippen LogP contribution >= 0.6 is 22.9 Å². The Morgan fingerprint density at radius 3 is 2.81 bits per heavy atom. The fourth-order valence-corrected chi connectivity index (χ4v) is 4.21. The Morgan fingerprint density at radius 1 is 1.33 bits per heavy atom. The van der Waals surface area contributed by atoms with Crippen molar-refractivity contribution in [3.05, 3.63) is 28.1 Å². The number of methoxy groups -OCH3 is 1. The van der Waals surface area contributed by atoms with Gasteiger partial charge in [0.15, 0.2) is 0 Å². The molecule has 1 aliphatic carbocycles. The minimum absolute atomic E-state index is 0.0490. The molecule has 3 rings (SSSR count). The molecule has 0 bridgehead atoms. The zero-order chi connectivity index (χ0) is 14.8. The zero-order valence-corrected chi connectivity index (χ0v) is 13.5. The lowest BCUT2D eigenvalue weighted by molar-refractivity contribution is 0.0932. The molecule has 21 heavy (non-hydrogen) atoms. The number of benzene rings is 1. The third-order valence-corrected chi connectivity index (χ3v) is 5.66. The van der Waals surface area contributed by atoms with Gasteiger partial charge in [0.2, 0.25) is 0 Å². The number of ether oxygens (including phenoxy) is 1. The Kier molecular flexibility index (Phi) is 4.36. The van der Waals surface area contributed by atoms with Gasteiger partial charge in [-0.25, -0.2) is 0 Å². The molecule has 0 saturated heterocycles. The van der Waals surface area contributed by atoms with Crippen LogP contribution in [0.25, 0.3) is 10.1 Å². The van der Waals surface area contributed by atoms with E-state index in [1.54, 1.807) is 7.11 Å². The summed E-state index contributed by atoms with van der Waals surface area (Å²) in [4.78, 5) is 13.0. The molecule has 112 valence electrons. The van der Waals surface area contributed by atoms with Crippen LogP contribution < -0.4 is 10.1 Å². The summed E-state index contributed by atoms with van der Waals surface area (Å²) in [6.45, 7) is 0. The quantitative estimate of drug-likeness (QED) is 0.894. The van der Waals surface area contributed by atoms with Crippen LogP contribution in [0.5, 0.6) is 5.75 Å². The Morgan fingerprint density at radius 2 is 2.10 bits per heavy atom. The third kappa shape index (κ3) is 3.01. The lowest BCUT2D eigenvalue weighted by Crippen LogP contribution is -2.35. The first-order chi connectivity index (χ1) is 10.2. The first-order valence-corrected chi connectivity index (χ1v) is 8.45. The number of fused-ring (bicyclic) bond motifs is 1. The van der Waals surface area contributed by atoms with Crippen molar-refractivity contribution >= 4 is 38.9 Å². The highest BCUT2D eigenvalue weighted by Crippen LogP contribution is 2.37. The van der Waals surface area contributed by atoms with Crippen molar-refractivity contribution < 1.29 is 9.53 Å². The second-order valence-corrected chi connectivity index (χ2v) is 6.85. The predicted molar refractivity (Wildman–Crippen MR) is 87.7 cm³/mol. The average Bonchev–Trinajstić information content (AvgIpc) is 2.85. The fraction of sp³-hybridized carbons (Fsp3) is 0.438. The number of rotatable bonds is 3. The normalized spacial score (nSPS) is 16.1. The Bertz CT molecular complexity index is 662. The zero-order valence-electron chi connectivity index (χ0n) is 11.9. The van der Waals surface area contributed by atoms with Gasteiger partial charge >= 0.3 is 0 Å². The van der Waals surface area contributed by atoms with Crippen molar-refractivity contribution in [3.8, 4) is 5.75 Å². The van der Waals surface area contributed by atoms with E-state index in [1.807, 2.05) is 18.2 Å². The van der Waals surface area contributed by atoms with E-state index in [-0.39, 0.29) is 5.91 Å². The molecule has 1 heterocycles. The molecule has 0 spiro atoms. The molecular weight excluding hydrogens is 306 g/mol. The Labute approximate surface area is 133 Å². The van der Waals surface area contributed by atoms with Crippen molar-refractivity contribution in [2.75, 3.05) is 7.11 Å². The van der Waals surface area contributed by atoms with Gasteiger partial charge in [0.25, 0.3) is 5.91 Å². The topological polar surface area (TPSA) is 38.3 Å². The summed E-state index contributed by atoms with van der Waals surface area (Å²) in [7, 11) is 1.62. The minimum Gasteiger partial charge on any atom is -0.497 e. The maximum atomic E-state index is 12.4. The first-order valence-electron chi connectivity index (χ1n) is 7.26. The molecule has 0 unspecified atom stereocenters. The average molecular weight is 324 g/mol. The van der Waals surface area contributed by atoms with Crippen LogP contribution in [0, 0.1) is 0 Å². The van der Waals surface area contributed by atoms with Gasteiger partial charge in [-0.05, 0) is 31.0 Å². The van der Waals surface area contributed by atoms with Gasteiger partial charge in [-0.2, -0.15) is 0 Å². The molecule has 1 aromatic carbocycles. The molecule has 1 amide bonds. The second-order valence-electron chi connectivity index (χ2n) is 5.42. The van der Waals surface area contributed by atoms with E-state index in [2.05, 4.69) is 5.32 Å². The standard InChI is InChI=1S/C16H18ClNO2S/c1-20-11-7-8-13-12(9-11)14(17)15(21-13)16(19)18-10-5-3-2-4-6-10/h7-10H,2-6H2,1H3,(H,18,19). The number of carbonyl (C=O) groups is 1. The van der Waals surface area contributed by atoms with Crippen molar-refractivity contribution in [3.63, 3.8) is 0 Å². The monoisotopic (exact) mass is 323 g/mol. The summed E-state index contributed by atoms with van der Waals surface area (Å²) in [5.74, 6) is 0.702. The SMILES string of the molecule is COc1ccc2sc(C(=O)NC3CCCCC3)c(Cl)c2c1. The molecule has 0 aliphatic heterocycles.